The Morgan fingerprint density at radius 3 is 2.39 bits per heavy atom. The molecule has 0 aromatic heterocycles. The lowest BCUT2D eigenvalue weighted by Gasteiger charge is -2.13. The van der Waals surface area contributed by atoms with E-state index in [1.165, 1.54) is 30.3 Å². The minimum absolute atomic E-state index is 0.0160. The Morgan fingerprint density at radius 2 is 1.79 bits per heavy atom. The summed E-state index contributed by atoms with van der Waals surface area (Å²) in [7, 11) is -4.00. The highest BCUT2D eigenvalue weighted by Gasteiger charge is 2.19. The average molecular weight is 407 g/mol. The summed E-state index contributed by atoms with van der Waals surface area (Å²) in [6, 6.07) is 8.64. The Labute approximate surface area is 162 Å². The number of ether oxygens (including phenoxy) is 1. The number of aryl methyl sites for hydroxylation is 2. The average Bonchev–Trinajstić information content (AvgIpc) is 2.60. The monoisotopic (exact) mass is 407 g/mol. The molecule has 0 aliphatic carbocycles. The van der Waals surface area contributed by atoms with E-state index < -0.39 is 22.0 Å². The van der Waals surface area contributed by atoms with Crippen molar-refractivity contribution >= 4 is 27.6 Å². The van der Waals surface area contributed by atoms with Crippen LogP contribution in [0.5, 0.6) is 5.75 Å². The summed E-state index contributed by atoms with van der Waals surface area (Å²) in [5.41, 5.74) is 1.09. The fourth-order valence-electron chi connectivity index (χ4n) is 2.48. The second kappa shape index (κ2) is 8.75. The van der Waals surface area contributed by atoms with E-state index in [0.717, 1.165) is 0 Å². The Bertz CT molecular complexity index is 999. The maximum absolute atomic E-state index is 12.7. The van der Waals surface area contributed by atoms with Crippen molar-refractivity contribution in [2.24, 2.45) is 0 Å². The van der Waals surface area contributed by atoms with Crippen LogP contribution in [0.2, 0.25) is 0 Å². The third-order valence-corrected chi connectivity index (χ3v) is 5.26. The molecule has 150 valence electrons. The van der Waals surface area contributed by atoms with Crippen LogP contribution in [-0.2, 0) is 14.8 Å². The van der Waals surface area contributed by atoms with Gasteiger partial charge in [-0.05, 0) is 56.2 Å². The first kappa shape index (κ1) is 21.2. The number of anilines is 1. The first-order valence-electron chi connectivity index (χ1n) is 8.42. The molecule has 0 heterocycles. The van der Waals surface area contributed by atoms with Crippen molar-refractivity contribution in [1.29, 1.82) is 0 Å². The lowest BCUT2D eigenvalue weighted by Crippen LogP contribution is -2.16. The van der Waals surface area contributed by atoms with Crippen molar-refractivity contribution < 1.29 is 33.0 Å². The molecule has 0 bridgehead atoms. The number of hydrogen-bond acceptors (Lipinski definition) is 5. The maximum Gasteiger partial charge on any atom is 0.337 e. The van der Waals surface area contributed by atoms with Crippen molar-refractivity contribution in [2.45, 2.75) is 31.6 Å². The van der Waals surface area contributed by atoms with E-state index in [1.54, 1.807) is 19.9 Å². The van der Waals surface area contributed by atoms with Gasteiger partial charge in [-0.25, -0.2) is 13.2 Å². The van der Waals surface area contributed by atoms with Gasteiger partial charge >= 0.3 is 11.9 Å². The molecule has 0 aliphatic rings. The molecule has 2 rings (SSSR count). The van der Waals surface area contributed by atoms with E-state index in [0.29, 0.717) is 23.3 Å². The van der Waals surface area contributed by atoms with Gasteiger partial charge in [0.25, 0.3) is 10.0 Å². The zero-order valence-corrected chi connectivity index (χ0v) is 16.2. The minimum Gasteiger partial charge on any atom is -0.493 e. The highest BCUT2D eigenvalue weighted by Crippen LogP contribution is 2.25. The van der Waals surface area contributed by atoms with E-state index in [2.05, 4.69) is 4.72 Å². The normalized spacial score (nSPS) is 11.1. The predicted molar refractivity (Wildman–Crippen MR) is 102 cm³/mol. The zero-order chi connectivity index (χ0) is 20.9. The third kappa shape index (κ3) is 5.46. The molecule has 2 aromatic carbocycles. The van der Waals surface area contributed by atoms with E-state index in [-0.39, 0.29) is 29.2 Å². The van der Waals surface area contributed by atoms with Gasteiger partial charge in [0.1, 0.15) is 5.75 Å². The van der Waals surface area contributed by atoms with E-state index in [1.807, 2.05) is 0 Å². The number of rotatable bonds is 9. The number of hydrogen-bond donors (Lipinski definition) is 3. The molecule has 0 unspecified atom stereocenters. The number of carboxylic acid groups (broad SMARTS) is 2. The van der Waals surface area contributed by atoms with Gasteiger partial charge in [0.05, 0.1) is 22.8 Å². The summed E-state index contributed by atoms with van der Waals surface area (Å²) in [5.74, 6) is -1.70. The van der Waals surface area contributed by atoms with Crippen LogP contribution in [0.4, 0.5) is 5.69 Å². The van der Waals surface area contributed by atoms with Gasteiger partial charge in [-0.15, -0.1) is 0 Å². The molecule has 0 saturated carbocycles. The lowest BCUT2D eigenvalue weighted by molar-refractivity contribution is -0.137. The Balaban J connectivity index is 2.19. The van der Waals surface area contributed by atoms with Crippen LogP contribution in [0.15, 0.2) is 41.3 Å². The molecule has 3 N–H and O–H groups in total. The van der Waals surface area contributed by atoms with Gasteiger partial charge in [0.2, 0.25) is 0 Å². The summed E-state index contributed by atoms with van der Waals surface area (Å²) >= 11 is 0. The van der Waals surface area contributed by atoms with Crippen LogP contribution in [0.1, 0.15) is 34.3 Å². The molecular weight excluding hydrogens is 386 g/mol. The van der Waals surface area contributed by atoms with Gasteiger partial charge in [-0.1, -0.05) is 11.6 Å². The molecular formula is C19H21NO7S. The van der Waals surface area contributed by atoms with Gasteiger partial charge in [0, 0.05) is 6.42 Å². The number of aliphatic carboxylic acids is 1. The van der Waals surface area contributed by atoms with E-state index >= 15 is 0 Å². The number of sulfonamides is 1. The molecule has 0 radical (unpaired) electrons. The van der Waals surface area contributed by atoms with Crippen molar-refractivity contribution in [3.8, 4) is 5.75 Å². The predicted octanol–water partition coefficient (Wildman–Crippen LogP) is 3.05. The maximum atomic E-state index is 12.7. The van der Waals surface area contributed by atoms with Crippen molar-refractivity contribution in [3.05, 3.63) is 53.1 Å². The first-order valence-corrected chi connectivity index (χ1v) is 9.90. The van der Waals surface area contributed by atoms with Gasteiger partial charge < -0.3 is 14.9 Å². The standard InChI is InChI=1S/C19H21NO7S/c1-12-5-7-16(15(10-12)19(23)24)20-28(25,26)14-6-8-17(13(2)11-14)27-9-3-4-18(21)22/h5-8,10-11,20H,3-4,9H2,1-2H3,(H,21,22)(H,23,24). The molecule has 2 aromatic rings. The second-order valence-electron chi connectivity index (χ2n) is 6.23. The number of benzene rings is 2. The summed E-state index contributed by atoms with van der Waals surface area (Å²) < 4.78 is 33.1. The minimum atomic E-state index is -4.00. The second-order valence-corrected chi connectivity index (χ2v) is 7.92. The SMILES string of the molecule is Cc1ccc(NS(=O)(=O)c2ccc(OCCCC(=O)O)c(C)c2)c(C(=O)O)c1. The smallest absolute Gasteiger partial charge is 0.337 e. The Hall–Kier alpha value is -3.07. The van der Waals surface area contributed by atoms with Crippen molar-refractivity contribution in [1.82, 2.24) is 0 Å². The van der Waals surface area contributed by atoms with Crippen LogP contribution in [0.3, 0.4) is 0 Å². The number of carboxylic acids is 2. The van der Waals surface area contributed by atoms with Crippen molar-refractivity contribution in [2.75, 3.05) is 11.3 Å². The van der Waals surface area contributed by atoms with E-state index in [4.69, 9.17) is 9.84 Å². The molecule has 0 saturated heterocycles. The zero-order valence-electron chi connectivity index (χ0n) is 15.4. The van der Waals surface area contributed by atoms with Crippen LogP contribution >= 0.6 is 0 Å². The molecule has 0 atom stereocenters. The molecule has 0 aliphatic heterocycles. The fourth-order valence-corrected chi connectivity index (χ4v) is 3.65. The number of carbonyl (C=O) groups is 2. The lowest BCUT2D eigenvalue weighted by atomic mass is 10.1. The molecule has 9 heteroatoms. The van der Waals surface area contributed by atoms with Crippen LogP contribution in [0, 0.1) is 13.8 Å². The summed E-state index contributed by atoms with van der Waals surface area (Å²) in [6.45, 7) is 3.58. The quantitative estimate of drug-likeness (QED) is 0.545. The Morgan fingerprint density at radius 1 is 1.07 bits per heavy atom. The number of nitrogens with one attached hydrogen (secondary N) is 1. The van der Waals surface area contributed by atoms with Crippen LogP contribution in [0.25, 0.3) is 0 Å². The van der Waals surface area contributed by atoms with Crippen molar-refractivity contribution in [3.63, 3.8) is 0 Å². The summed E-state index contributed by atoms with van der Waals surface area (Å²) in [6.07, 6.45) is 0.319. The van der Waals surface area contributed by atoms with Gasteiger partial charge in [0.15, 0.2) is 0 Å². The summed E-state index contributed by atoms with van der Waals surface area (Å²) in [4.78, 5) is 21.8. The third-order valence-electron chi connectivity index (χ3n) is 3.90. The number of aromatic carboxylic acids is 1. The molecule has 28 heavy (non-hydrogen) atoms. The summed E-state index contributed by atoms with van der Waals surface area (Å²) in [5, 5.41) is 17.9. The Kier molecular flexibility index (Phi) is 6.63. The van der Waals surface area contributed by atoms with Gasteiger partial charge in [-0.2, -0.15) is 0 Å². The van der Waals surface area contributed by atoms with Gasteiger partial charge in [-0.3, -0.25) is 9.52 Å². The molecule has 0 fully saturated rings. The highest BCUT2D eigenvalue weighted by atomic mass is 32.2. The largest absolute Gasteiger partial charge is 0.493 e. The van der Waals surface area contributed by atoms with Crippen LogP contribution in [-0.4, -0.2) is 37.2 Å². The first-order chi connectivity index (χ1) is 13.1. The highest BCUT2D eigenvalue weighted by molar-refractivity contribution is 7.92. The van der Waals surface area contributed by atoms with Crippen LogP contribution < -0.4 is 9.46 Å². The molecule has 8 nitrogen and oxygen atoms in total. The fraction of sp³-hybridized carbons (Fsp3) is 0.263. The molecule has 0 spiro atoms. The topological polar surface area (TPSA) is 130 Å². The molecule has 0 amide bonds. The van der Waals surface area contributed by atoms with E-state index in [9.17, 15) is 23.1 Å².